The highest BCUT2D eigenvalue weighted by Gasteiger charge is 2.02. The summed E-state index contributed by atoms with van der Waals surface area (Å²) in [6, 6.07) is 14.2. The maximum absolute atomic E-state index is 10.8. The lowest BCUT2D eigenvalue weighted by atomic mass is 10.2. The number of aromatic carboxylic acids is 1. The highest BCUT2D eigenvalue weighted by Crippen LogP contribution is 2.16. The molecule has 0 saturated carbocycles. The molecule has 134 valence electrons. The minimum atomic E-state index is -0.938. The molecule has 0 aliphatic rings. The Labute approximate surface area is 147 Å². The van der Waals surface area contributed by atoms with Gasteiger partial charge >= 0.3 is 5.97 Å². The predicted molar refractivity (Wildman–Crippen MR) is 97.6 cm³/mol. The molecular formula is C19H24N2O4. The lowest BCUT2D eigenvalue weighted by molar-refractivity contribution is 0.0697. The van der Waals surface area contributed by atoms with Gasteiger partial charge in [-0.3, -0.25) is 0 Å². The molecule has 2 rings (SSSR count). The van der Waals surface area contributed by atoms with E-state index in [1.165, 1.54) is 12.1 Å². The van der Waals surface area contributed by atoms with Crippen LogP contribution in [0.25, 0.3) is 0 Å². The molecule has 0 aromatic heterocycles. The smallest absolute Gasteiger partial charge is 0.335 e. The third-order valence-electron chi connectivity index (χ3n) is 3.49. The zero-order chi connectivity index (χ0) is 17.9. The van der Waals surface area contributed by atoms with Crippen LogP contribution >= 0.6 is 0 Å². The average Bonchev–Trinajstić information content (AvgIpc) is 2.63. The zero-order valence-electron chi connectivity index (χ0n) is 14.1. The largest absolute Gasteiger partial charge is 0.494 e. The van der Waals surface area contributed by atoms with Crippen LogP contribution < -0.4 is 20.5 Å². The van der Waals surface area contributed by atoms with Crippen molar-refractivity contribution in [1.29, 1.82) is 0 Å². The molecule has 0 bridgehead atoms. The lowest BCUT2D eigenvalue weighted by Gasteiger charge is -2.10. The van der Waals surface area contributed by atoms with E-state index in [4.69, 9.17) is 20.3 Å². The molecule has 0 aliphatic heterocycles. The molecular weight excluding hydrogens is 320 g/mol. The van der Waals surface area contributed by atoms with E-state index in [9.17, 15) is 4.79 Å². The summed E-state index contributed by atoms with van der Waals surface area (Å²) in [6.07, 6.45) is 1.68. The lowest BCUT2D eigenvalue weighted by Crippen LogP contribution is -2.08. The SMILES string of the molecule is NCCCOc1ccc(NCCCOc2ccc(C(=O)O)cc2)cc1. The third-order valence-corrected chi connectivity index (χ3v) is 3.49. The molecule has 0 atom stereocenters. The van der Waals surface area contributed by atoms with Crippen LogP contribution in [0.2, 0.25) is 0 Å². The number of nitrogens with two attached hydrogens (primary N) is 1. The van der Waals surface area contributed by atoms with Crippen LogP contribution in [-0.2, 0) is 0 Å². The molecule has 0 amide bonds. The summed E-state index contributed by atoms with van der Waals surface area (Å²) >= 11 is 0. The molecule has 0 spiro atoms. The molecule has 0 heterocycles. The van der Waals surface area contributed by atoms with Gasteiger partial charge in [-0.05, 0) is 67.9 Å². The first-order valence-electron chi connectivity index (χ1n) is 8.32. The van der Waals surface area contributed by atoms with Gasteiger partial charge in [0.25, 0.3) is 0 Å². The molecule has 6 heteroatoms. The van der Waals surface area contributed by atoms with E-state index in [0.29, 0.717) is 25.5 Å². The van der Waals surface area contributed by atoms with Gasteiger partial charge in [-0.15, -0.1) is 0 Å². The van der Waals surface area contributed by atoms with E-state index in [1.807, 2.05) is 24.3 Å². The molecule has 4 N–H and O–H groups in total. The number of rotatable bonds is 11. The second-order valence-electron chi connectivity index (χ2n) is 5.47. The summed E-state index contributed by atoms with van der Waals surface area (Å²) in [5, 5.41) is 12.2. The van der Waals surface area contributed by atoms with Crippen molar-refractivity contribution in [3.63, 3.8) is 0 Å². The van der Waals surface area contributed by atoms with Gasteiger partial charge in [0, 0.05) is 12.2 Å². The first-order valence-corrected chi connectivity index (χ1v) is 8.32. The molecule has 0 aliphatic carbocycles. The van der Waals surface area contributed by atoms with E-state index in [1.54, 1.807) is 12.1 Å². The Hall–Kier alpha value is -2.73. The normalized spacial score (nSPS) is 10.3. The molecule has 2 aromatic carbocycles. The van der Waals surface area contributed by atoms with E-state index >= 15 is 0 Å². The molecule has 0 fully saturated rings. The molecule has 0 radical (unpaired) electrons. The van der Waals surface area contributed by atoms with Crippen molar-refractivity contribution >= 4 is 11.7 Å². The molecule has 0 unspecified atom stereocenters. The summed E-state index contributed by atoms with van der Waals surface area (Å²) in [4.78, 5) is 10.8. The van der Waals surface area contributed by atoms with E-state index in [-0.39, 0.29) is 5.56 Å². The maximum atomic E-state index is 10.8. The summed E-state index contributed by atoms with van der Waals surface area (Å²) in [5.74, 6) is 0.572. The van der Waals surface area contributed by atoms with Crippen LogP contribution in [0.4, 0.5) is 5.69 Å². The second kappa shape index (κ2) is 10.2. The summed E-state index contributed by atoms with van der Waals surface area (Å²) in [7, 11) is 0. The Morgan fingerprint density at radius 3 is 2.04 bits per heavy atom. The molecule has 2 aromatic rings. The third kappa shape index (κ3) is 6.73. The fourth-order valence-electron chi connectivity index (χ4n) is 2.13. The fraction of sp³-hybridized carbons (Fsp3) is 0.316. The Balaban J connectivity index is 1.63. The van der Waals surface area contributed by atoms with E-state index < -0.39 is 5.97 Å². The van der Waals surface area contributed by atoms with Gasteiger partial charge in [-0.25, -0.2) is 4.79 Å². The monoisotopic (exact) mass is 344 g/mol. The molecule has 6 nitrogen and oxygen atoms in total. The van der Waals surface area contributed by atoms with Gasteiger partial charge in [-0.1, -0.05) is 0 Å². The topological polar surface area (TPSA) is 93.8 Å². The first-order chi connectivity index (χ1) is 12.2. The zero-order valence-corrected chi connectivity index (χ0v) is 14.1. The van der Waals surface area contributed by atoms with Crippen LogP contribution in [0, 0.1) is 0 Å². The Morgan fingerprint density at radius 1 is 0.920 bits per heavy atom. The van der Waals surface area contributed by atoms with Crippen LogP contribution in [0.3, 0.4) is 0 Å². The number of hydrogen-bond donors (Lipinski definition) is 3. The summed E-state index contributed by atoms with van der Waals surface area (Å²) in [5.41, 5.74) is 6.71. The fourth-order valence-corrected chi connectivity index (χ4v) is 2.13. The van der Waals surface area contributed by atoms with Gasteiger partial charge in [0.1, 0.15) is 11.5 Å². The molecule has 0 saturated heterocycles. The number of anilines is 1. The van der Waals surface area contributed by atoms with E-state index in [2.05, 4.69) is 5.32 Å². The van der Waals surface area contributed by atoms with Crippen molar-refractivity contribution in [3.8, 4) is 11.5 Å². The first kappa shape index (κ1) is 18.6. The van der Waals surface area contributed by atoms with Gasteiger partial charge in [0.15, 0.2) is 0 Å². The van der Waals surface area contributed by atoms with Crippen molar-refractivity contribution in [2.75, 3.05) is 31.6 Å². The van der Waals surface area contributed by atoms with E-state index in [0.717, 1.165) is 30.8 Å². The van der Waals surface area contributed by atoms with Gasteiger partial charge < -0.3 is 25.6 Å². The van der Waals surface area contributed by atoms with Crippen molar-refractivity contribution in [1.82, 2.24) is 0 Å². The summed E-state index contributed by atoms with van der Waals surface area (Å²) < 4.78 is 11.1. The van der Waals surface area contributed by atoms with Gasteiger partial charge in [-0.2, -0.15) is 0 Å². The number of benzene rings is 2. The van der Waals surface area contributed by atoms with Crippen LogP contribution in [0.5, 0.6) is 11.5 Å². The van der Waals surface area contributed by atoms with Crippen LogP contribution in [0.1, 0.15) is 23.2 Å². The standard InChI is InChI=1S/C19H24N2O4/c20-11-1-13-24-18-9-5-16(6-10-18)21-12-2-14-25-17-7-3-15(4-8-17)19(22)23/h3-10,21H,1-2,11-14,20H2,(H,22,23). The van der Waals surface area contributed by atoms with Crippen molar-refractivity contribution in [2.45, 2.75) is 12.8 Å². The average molecular weight is 344 g/mol. The van der Waals surface area contributed by atoms with Crippen molar-refractivity contribution in [3.05, 3.63) is 54.1 Å². The van der Waals surface area contributed by atoms with Crippen LogP contribution in [-0.4, -0.2) is 37.4 Å². The highest BCUT2D eigenvalue weighted by atomic mass is 16.5. The van der Waals surface area contributed by atoms with Gasteiger partial charge in [0.05, 0.1) is 18.8 Å². The number of carboxylic acid groups (broad SMARTS) is 1. The summed E-state index contributed by atoms with van der Waals surface area (Å²) in [6.45, 7) is 2.60. The van der Waals surface area contributed by atoms with Crippen molar-refractivity contribution in [2.24, 2.45) is 5.73 Å². The number of nitrogens with one attached hydrogen (secondary N) is 1. The minimum Gasteiger partial charge on any atom is -0.494 e. The Bertz CT molecular complexity index is 641. The second-order valence-corrected chi connectivity index (χ2v) is 5.47. The van der Waals surface area contributed by atoms with Crippen LogP contribution in [0.15, 0.2) is 48.5 Å². The number of ether oxygens (including phenoxy) is 2. The number of carbonyl (C=O) groups is 1. The molecule has 25 heavy (non-hydrogen) atoms. The maximum Gasteiger partial charge on any atom is 0.335 e. The van der Waals surface area contributed by atoms with Crippen molar-refractivity contribution < 1.29 is 19.4 Å². The minimum absolute atomic E-state index is 0.254. The quantitative estimate of drug-likeness (QED) is 0.543. The number of hydrogen-bond acceptors (Lipinski definition) is 5. The van der Waals surface area contributed by atoms with Gasteiger partial charge in [0.2, 0.25) is 0 Å². The Morgan fingerprint density at radius 2 is 1.48 bits per heavy atom. The number of carboxylic acids is 1. The highest BCUT2D eigenvalue weighted by molar-refractivity contribution is 5.87. The predicted octanol–water partition coefficient (Wildman–Crippen LogP) is 2.99. The Kier molecular flexibility index (Phi) is 7.59.